The molecule has 0 spiro atoms. The Kier molecular flexibility index (Phi) is 6.96. The van der Waals surface area contributed by atoms with Crippen LogP contribution in [0.5, 0.6) is 11.5 Å². The molecule has 9 nitrogen and oxygen atoms in total. The van der Waals surface area contributed by atoms with E-state index in [1.54, 1.807) is 44.6 Å². The Bertz CT molecular complexity index is 1480. The highest BCUT2D eigenvalue weighted by atomic mass is 16.5. The van der Waals surface area contributed by atoms with E-state index >= 15 is 0 Å². The third kappa shape index (κ3) is 5.08. The largest absolute Gasteiger partial charge is 0.493 e. The van der Waals surface area contributed by atoms with Gasteiger partial charge in [0.15, 0.2) is 11.5 Å². The van der Waals surface area contributed by atoms with Gasteiger partial charge in [-0.05, 0) is 67.4 Å². The van der Waals surface area contributed by atoms with Gasteiger partial charge in [0.25, 0.3) is 11.5 Å². The Morgan fingerprint density at radius 1 is 1.09 bits per heavy atom. The quantitative estimate of drug-likeness (QED) is 0.405. The van der Waals surface area contributed by atoms with Crippen molar-refractivity contribution in [1.29, 1.82) is 0 Å². The van der Waals surface area contributed by atoms with E-state index < -0.39 is 5.69 Å². The first kappa shape index (κ1) is 23.7. The molecule has 0 aliphatic heterocycles. The molecule has 180 valence electrons. The zero-order chi connectivity index (χ0) is 24.9. The van der Waals surface area contributed by atoms with Crippen LogP contribution in [0.3, 0.4) is 0 Å². The lowest BCUT2D eigenvalue weighted by Crippen LogP contribution is -2.34. The summed E-state index contributed by atoms with van der Waals surface area (Å²) in [6.45, 7) is 4.21. The number of hydrogen-bond donors (Lipinski definition) is 2. The van der Waals surface area contributed by atoms with Gasteiger partial charge in [-0.3, -0.25) is 19.1 Å². The van der Waals surface area contributed by atoms with Crippen LogP contribution >= 0.6 is 0 Å². The van der Waals surface area contributed by atoms with Crippen LogP contribution in [-0.4, -0.2) is 27.6 Å². The molecule has 2 aromatic heterocycles. The smallest absolute Gasteiger partial charge is 0.328 e. The minimum Gasteiger partial charge on any atom is -0.493 e. The SMILES string of the molecule is CCn1c(=O)[nH]c2cc(C(=O)NC(C)c3ccc(OCc4ccncc4)c(OC)c3)ccc2c1=O. The zero-order valence-electron chi connectivity index (χ0n) is 19.7. The fourth-order valence-corrected chi connectivity index (χ4v) is 3.76. The van der Waals surface area contributed by atoms with E-state index in [9.17, 15) is 14.4 Å². The molecular weight excluding hydrogens is 448 g/mol. The van der Waals surface area contributed by atoms with Crippen LogP contribution in [0.1, 0.15) is 41.4 Å². The molecule has 35 heavy (non-hydrogen) atoms. The van der Waals surface area contributed by atoms with E-state index in [1.807, 2.05) is 31.2 Å². The molecule has 0 fully saturated rings. The molecule has 0 saturated carbocycles. The van der Waals surface area contributed by atoms with Gasteiger partial charge in [0.05, 0.1) is 24.1 Å². The number of aromatic nitrogens is 3. The topological polar surface area (TPSA) is 115 Å². The van der Waals surface area contributed by atoms with Gasteiger partial charge in [-0.25, -0.2) is 4.79 Å². The maximum Gasteiger partial charge on any atom is 0.328 e. The highest BCUT2D eigenvalue weighted by Gasteiger charge is 2.16. The van der Waals surface area contributed by atoms with E-state index in [1.165, 1.54) is 6.07 Å². The van der Waals surface area contributed by atoms with Gasteiger partial charge in [0.1, 0.15) is 6.61 Å². The second kappa shape index (κ2) is 10.3. The van der Waals surface area contributed by atoms with Gasteiger partial charge in [-0.2, -0.15) is 0 Å². The van der Waals surface area contributed by atoms with Crippen LogP contribution in [0.25, 0.3) is 10.9 Å². The number of nitrogens with zero attached hydrogens (tertiary/aromatic N) is 2. The summed E-state index contributed by atoms with van der Waals surface area (Å²) in [4.78, 5) is 44.1. The van der Waals surface area contributed by atoms with E-state index in [0.29, 0.717) is 34.6 Å². The number of hydrogen-bond acceptors (Lipinski definition) is 6. The number of methoxy groups -OCH3 is 1. The maximum atomic E-state index is 12.9. The second-order valence-corrected chi connectivity index (χ2v) is 7.99. The first-order valence-electron chi connectivity index (χ1n) is 11.2. The Hall–Kier alpha value is -4.40. The van der Waals surface area contributed by atoms with Crippen molar-refractivity contribution in [3.05, 3.63) is 98.5 Å². The van der Waals surface area contributed by atoms with Crippen molar-refractivity contribution in [3.63, 3.8) is 0 Å². The average molecular weight is 475 g/mol. The molecule has 2 N–H and O–H groups in total. The van der Waals surface area contributed by atoms with Crippen LogP contribution < -0.4 is 26.0 Å². The average Bonchev–Trinajstić information content (AvgIpc) is 2.87. The number of rotatable bonds is 8. The summed E-state index contributed by atoms with van der Waals surface area (Å²) in [5, 5.41) is 3.29. The summed E-state index contributed by atoms with van der Waals surface area (Å²) in [6, 6.07) is 13.5. The lowest BCUT2D eigenvalue weighted by Gasteiger charge is -2.17. The fraction of sp³-hybridized carbons (Fsp3) is 0.231. The number of benzene rings is 2. The highest BCUT2D eigenvalue weighted by Crippen LogP contribution is 2.31. The van der Waals surface area contributed by atoms with Crippen molar-refractivity contribution in [2.45, 2.75) is 33.0 Å². The van der Waals surface area contributed by atoms with Gasteiger partial charge in [-0.1, -0.05) is 6.07 Å². The molecule has 0 aliphatic carbocycles. The highest BCUT2D eigenvalue weighted by molar-refractivity contribution is 5.97. The maximum absolute atomic E-state index is 12.9. The van der Waals surface area contributed by atoms with E-state index in [4.69, 9.17) is 9.47 Å². The third-order valence-corrected chi connectivity index (χ3v) is 5.74. The van der Waals surface area contributed by atoms with E-state index in [2.05, 4.69) is 15.3 Å². The van der Waals surface area contributed by atoms with Gasteiger partial charge >= 0.3 is 5.69 Å². The number of nitrogens with one attached hydrogen (secondary N) is 2. The lowest BCUT2D eigenvalue weighted by molar-refractivity contribution is 0.0940. The van der Waals surface area contributed by atoms with Gasteiger partial charge in [0.2, 0.25) is 0 Å². The lowest BCUT2D eigenvalue weighted by atomic mass is 10.1. The predicted octanol–water partition coefficient (Wildman–Crippen LogP) is 3.18. The summed E-state index contributed by atoms with van der Waals surface area (Å²) in [5.74, 6) is 0.799. The fourth-order valence-electron chi connectivity index (χ4n) is 3.76. The number of carbonyl (C=O) groups excluding carboxylic acids is 1. The standard InChI is InChI=1S/C26H26N4O5/c1-4-30-25(32)20-7-5-19(13-21(20)29-26(30)33)24(31)28-16(2)18-6-8-22(23(14-18)34-3)35-15-17-9-11-27-12-10-17/h5-14,16H,4,15H2,1-3H3,(H,28,31)(H,29,33). The number of pyridine rings is 1. The molecule has 1 unspecified atom stereocenters. The molecule has 1 atom stereocenters. The van der Waals surface area contributed by atoms with Crippen molar-refractivity contribution in [2.24, 2.45) is 0 Å². The third-order valence-electron chi connectivity index (χ3n) is 5.74. The van der Waals surface area contributed by atoms with Crippen LogP contribution in [-0.2, 0) is 13.2 Å². The first-order valence-corrected chi connectivity index (χ1v) is 11.2. The Balaban J connectivity index is 1.50. The normalized spacial score (nSPS) is 11.7. The first-order chi connectivity index (χ1) is 16.9. The van der Waals surface area contributed by atoms with Gasteiger partial charge in [0, 0.05) is 24.5 Å². The van der Waals surface area contributed by atoms with Crippen LogP contribution in [0, 0.1) is 0 Å². The van der Waals surface area contributed by atoms with E-state index in [-0.39, 0.29) is 24.1 Å². The van der Waals surface area contributed by atoms with Crippen LogP contribution in [0.4, 0.5) is 0 Å². The number of fused-ring (bicyclic) bond motifs is 1. The molecule has 2 heterocycles. The van der Waals surface area contributed by atoms with Crippen molar-refractivity contribution in [3.8, 4) is 11.5 Å². The van der Waals surface area contributed by atoms with Crippen molar-refractivity contribution >= 4 is 16.8 Å². The molecular formula is C26H26N4O5. The van der Waals surface area contributed by atoms with Gasteiger partial charge in [-0.15, -0.1) is 0 Å². The van der Waals surface area contributed by atoms with Crippen LogP contribution in [0.2, 0.25) is 0 Å². The predicted molar refractivity (Wildman–Crippen MR) is 132 cm³/mol. The van der Waals surface area contributed by atoms with Crippen molar-refractivity contribution < 1.29 is 14.3 Å². The molecule has 4 rings (SSSR count). The summed E-state index contributed by atoms with van der Waals surface area (Å²) in [5.41, 5.74) is 1.57. The Morgan fingerprint density at radius 3 is 2.57 bits per heavy atom. The summed E-state index contributed by atoms with van der Waals surface area (Å²) < 4.78 is 12.5. The van der Waals surface area contributed by atoms with Crippen LogP contribution in [0.15, 0.2) is 70.5 Å². The molecule has 0 aliphatic rings. The second-order valence-electron chi connectivity index (χ2n) is 7.99. The van der Waals surface area contributed by atoms with Crippen molar-refractivity contribution in [1.82, 2.24) is 19.9 Å². The monoisotopic (exact) mass is 474 g/mol. The minimum atomic E-state index is -0.505. The van der Waals surface area contributed by atoms with Crippen molar-refractivity contribution in [2.75, 3.05) is 7.11 Å². The zero-order valence-corrected chi connectivity index (χ0v) is 19.7. The number of amides is 1. The molecule has 2 aromatic carbocycles. The molecule has 1 amide bonds. The summed E-state index contributed by atoms with van der Waals surface area (Å²) in [7, 11) is 1.56. The number of aromatic amines is 1. The Labute approximate surface area is 201 Å². The summed E-state index contributed by atoms with van der Waals surface area (Å²) >= 11 is 0. The van der Waals surface area contributed by atoms with E-state index in [0.717, 1.165) is 15.7 Å². The molecule has 0 radical (unpaired) electrons. The molecule has 0 bridgehead atoms. The Morgan fingerprint density at radius 2 is 1.86 bits per heavy atom. The number of carbonyl (C=O) groups is 1. The number of H-pyrrole nitrogens is 1. The molecule has 4 aromatic rings. The number of ether oxygens (including phenoxy) is 2. The summed E-state index contributed by atoms with van der Waals surface area (Å²) in [6.07, 6.45) is 3.41. The van der Waals surface area contributed by atoms with Gasteiger partial charge < -0.3 is 19.8 Å². The molecule has 9 heteroatoms. The minimum absolute atomic E-state index is 0.265. The molecule has 0 saturated heterocycles.